The molecule has 19 heavy (non-hydrogen) atoms. The average Bonchev–Trinajstić information content (AvgIpc) is 2.39. The maximum Gasteiger partial charge on any atom is 0.0404 e. The molecule has 0 fully saturated rings. The molecule has 1 unspecified atom stereocenters. The van der Waals surface area contributed by atoms with Crippen LogP contribution in [0.2, 0.25) is 0 Å². The minimum atomic E-state index is 0.228. The molecule has 1 atom stereocenters. The number of rotatable bonds is 3. The number of benzene rings is 1. The second-order valence-electron chi connectivity index (χ2n) is 6.44. The van der Waals surface area contributed by atoms with Crippen LogP contribution in [0.4, 0.5) is 0 Å². The van der Waals surface area contributed by atoms with Crippen molar-refractivity contribution in [1.82, 2.24) is 4.90 Å². The fraction of sp³-hybridized carbons (Fsp3) is 0.529. The Bertz CT molecular complexity index is 426. The molecule has 1 heterocycles. The first kappa shape index (κ1) is 14.3. The standard InChI is InChI=1S/C17H26N2/c1-17(2,3)15-9-7-14(8-10-15)13-19-11-5-4-6-16(19)12-18/h4,6-10,16H,5,11-13,18H2,1-3H3. The Kier molecular flexibility index (Phi) is 4.43. The van der Waals surface area contributed by atoms with E-state index in [1.54, 1.807) is 0 Å². The molecular formula is C17H26N2. The Labute approximate surface area is 117 Å². The number of nitrogens with two attached hydrogens (primary N) is 1. The smallest absolute Gasteiger partial charge is 0.0404 e. The summed E-state index contributed by atoms with van der Waals surface area (Å²) in [6.45, 7) is 9.57. The summed E-state index contributed by atoms with van der Waals surface area (Å²) in [6, 6.07) is 9.43. The van der Waals surface area contributed by atoms with Gasteiger partial charge in [-0.25, -0.2) is 0 Å². The Morgan fingerprint density at radius 3 is 2.47 bits per heavy atom. The van der Waals surface area contributed by atoms with Gasteiger partial charge in [0, 0.05) is 25.7 Å². The summed E-state index contributed by atoms with van der Waals surface area (Å²) in [5, 5.41) is 0. The number of hydrogen-bond donors (Lipinski definition) is 1. The lowest BCUT2D eigenvalue weighted by Gasteiger charge is -2.31. The van der Waals surface area contributed by atoms with Crippen LogP contribution in [0.1, 0.15) is 38.3 Å². The molecule has 104 valence electrons. The normalized spacial score (nSPS) is 20.7. The Balaban J connectivity index is 2.05. The molecule has 2 N–H and O–H groups in total. The van der Waals surface area contributed by atoms with Crippen LogP contribution in [-0.2, 0) is 12.0 Å². The fourth-order valence-electron chi connectivity index (χ4n) is 2.55. The van der Waals surface area contributed by atoms with E-state index in [9.17, 15) is 0 Å². The molecule has 1 aromatic carbocycles. The van der Waals surface area contributed by atoms with Gasteiger partial charge < -0.3 is 5.73 Å². The highest BCUT2D eigenvalue weighted by molar-refractivity contribution is 5.27. The SMILES string of the molecule is CC(C)(C)c1ccc(CN2CCC=CC2CN)cc1. The summed E-state index contributed by atoms with van der Waals surface area (Å²) >= 11 is 0. The van der Waals surface area contributed by atoms with E-state index in [0.29, 0.717) is 12.6 Å². The molecular weight excluding hydrogens is 232 g/mol. The van der Waals surface area contributed by atoms with E-state index in [1.165, 1.54) is 11.1 Å². The molecule has 0 amide bonds. The van der Waals surface area contributed by atoms with E-state index in [2.05, 4.69) is 62.1 Å². The van der Waals surface area contributed by atoms with Gasteiger partial charge in [0.1, 0.15) is 0 Å². The van der Waals surface area contributed by atoms with Gasteiger partial charge in [-0.15, -0.1) is 0 Å². The zero-order valence-electron chi connectivity index (χ0n) is 12.4. The molecule has 0 aromatic heterocycles. The minimum absolute atomic E-state index is 0.228. The predicted molar refractivity (Wildman–Crippen MR) is 82.2 cm³/mol. The van der Waals surface area contributed by atoms with Crippen molar-refractivity contribution in [3.63, 3.8) is 0 Å². The molecule has 1 aromatic rings. The molecule has 0 bridgehead atoms. The summed E-state index contributed by atoms with van der Waals surface area (Å²) < 4.78 is 0. The van der Waals surface area contributed by atoms with Crippen LogP contribution in [0.25, 0.3) is 0 Å². The van der Waals surface area contributed by atoms with E-state index in [1.807, 2.05) is 0 Å². The first-order valence-corrected chi connectivity index (χ1v) is 7.21. The molecule has 0 aliphatic carbocycles. The zero-order valence-corrected chi connectivity index (χ0v) is 12.4. The summed E-state index contributed by atoms with van der Waals surface area (Å²) in [5.74, 6) is 0. The van der Waals surface area contributed by atoms with Crippen molar-refractivity contribution in [3.05, 3.63) is 47.5 Å². The monoisotopic (exact) mass is 258 g/mol. The van der Waals surface area contributed by atoms with Crippen molar-refractivity contribution < 1.29 is 0 Å². The first-order valence-electron chi connectivity index (χ1n) is 7.21. The maximum absolute atomic E-state index is 5.84. The van der Waals surface area contributed by atoms with Crippen LogP contribution in [-0.4, -0.2) is 24.0 Å². The summed E-state index contributed by atoms with van der Waals surface area (Å²) in [4.78, 5) is 2.46. The molecule has 2 heteroatoms. The third-order valence-corrected chi connectivity index (χ3v) is 3.86. The van der Waals surface area contributed by atoms with Crippen molar-refractivity contribution in [3.8, 4) is 0 Å². The van der Waals surface area contributed by atoms with Gasteiger partial charge in [0.15, 0.2) is 0 Å². The quantitative estimate of drug-likeness (QED) is 0.844. The largest absolute Gasteiger partial charge is 0.329 e. The Morgan fingerprint density at radius 1 is 1.21 bits per heavy atom. The Morgan fingerprint density at radius 2 is 1.89 bits per heavy atom. The van der Waals surface area contributed by atoms with Gasteiger partial charge in [-0.2, -0.15) is 0 Å². The molecule has 1 aliphatic heterocycles. The molecule has 0 spiro atoms. The highest BCUT2D eigenvalue weighted by Gasteiger charge is 2.18. The van der Waals surface area contributed by atoms with Crippen molar-refractivity contribution in [2.24, 2.45) is 5.73 Å². The molecule has 2 rings (SSSR count). The van der Waals surface area contributed by atoms with Gasteiger partial charge in [0.2, 0.25) is 0 Å². The van der Waals surface area contributed by atoms with Crippen molar-refractivity contribution in [2.75, 3.05) is 13.1 Å². The predicted octanol–water partition coefficient (Wildman–Crippen LogP) is 3.07. The highest BCUT2D eigenvalue weighted by atomic mass is 15.2. The minimum Gasteiger partial charge on any atom is -0.329 e. The van der Waals surface area contributed by atoms with E-state index in [4.69, 9.17) is 5.73 Å². The van der Waals surface area contributed by atoms with Crippen LogP contribution < -0.4 is 5.73 Å². The van der Waals surface area contributed by atoms with Crippen molar-refractivity contribution in [1.29, 1.82) is 0 Å². The lowest BCUT2D eigenvalue weighted by Crippen LogP contribution is -2.41. The summed E-state index contributed by atoms with van der Waals surface area (Å²) in [5.41, 5.74) is 8.83. The highest BCUT2D eigenvalue weighted by Crippen LogP contribution is 2.23. The van der Waals surface area contributed by atoms with Crippen molar-refractivity contribution in [2.45, 2.75) is 45.2 Å². The van der Waals surface area contributed by atoms with Gasteiger partial charge in [-0.1, -0.05) is 57.2 Å². The van der Waals surface area contributed by atoms with Gasteiger partial charge >= 0.3 is 0 Å². The van der Waals surface area contributed by atoms with Gasteiger partial charge in [-0.3, -0.25) is 4.90 Å². The third kappa shape index (κ3) is 3.68. The van der Waals surface area contributed by atoms with E-state index in [-0.39, 0.29) is 5.41 Å². The van der Waals surface area contributed by atoms with Crippen LogP contribution in [0.3, 0.4) is 0 Å². The first-order chi connectivity index (χ1) is 9.00. The molecule has 2 nitrogen and oxygen atoms in total. The molecule has 0 saturated heterocycles. The maximum atomic E-state index is 5.84. The second-order valence-corrected chi connectivity index (χ2v) is 6.44. The van der Waals surface area contributed by atoms with E-state index >= 15 is 0 Å². The lowest BCUT2D eigenvalue weighted by molar-refractivity contribution is 0.218. The van der Waals surface area contributed by atoms with Gasteiger partial charge in [0.25, 0.3) is 0 Å². The zero-order chi connectivity index (χ0) is 13.9. The van der Waals surface area contributed by atoms with Gasteiger partial charge in [0.05, 0.1) is 0 Å². The van der Waals surface area contributed by atoms with Crippen LogP contribution in [0.15, 0.2) is 36.4 Å². The van der Waals surface area contributed by atoms with Crippen LogP contribution >= 0.6 is 0 Å². The fourth-order valence-corrected chi connectivity index (χ4v) is 2.55. The van der Waals surface area contributed by atoms with Crippen LogP contribution in [0, 0.1) is 0 Å². The summed E-state index contributed by atoms with van der Waals surface area (Å²) in [7, 11) is 0. The molecule has 0 radical (unpaired) electrons. The number of nitrogens with zero attached hydrogens (tertiary/aromatic N) is 1. The summed E-state index contributed by atoms with van der Waals surface area (Å²) in [6.07, 6.45) is 5.63. The van der Waals surface area contributed by atoms with E-state index < -0.39 is 0 Å². The lowest BCUT2D eigenvalue weighted by atomic mass is 9.86. The third-order valence-electron chi connectivity index (χ3n) is 3.86. The topological polar surface area (TPSA) is 29.3 Å². The van der Waals surface area contributed by atoms with Gasteiger partial charge in [-0.05, 0) is 23.0 Å². The second kappa shape index (κ2) is 5.89. The van der Waals surface area contributed by atoms with Crippen LogP contribution in [0.5, 0.6) is 0 Å². The Hall–Kier alpha value is -1.12. The number of hydrogen-bond acceptors (Lipinski definition) is 2. The molecule has 0 saturated carbocycles. The average molecular weight is 258 g/mol. The van der Waals surface area contributed by atoms with E-state index in [0.717, 1.165) is 19.5 Å². The molecule has 1 aliphatic rings. The van der Waals surface area contributed by atoms with Crippen molar-refractivity contribution >= 4 is 0 Å².